The van der Waals surface area contributed by atoms with Gasteiger partial charge in [-0.15, -0.1) is 0 Å². The van der Waals surface area contributed by atoms with Crippen molar-refractivity contribution in [3.63, 3.8) is 0 Å². The first-order valence-corrected chi connectivity index (χ1v) is 15.8. The lowest BCUT2D eigenvalue weighted by Gasteiger charge is -2.26. The molecule has 6 nitrogen and oxygen atoms in total. The van der Waals surface area contributed by atoms with E-state index in [1.54, 1.807) is 13.0 Å². The first-order chi connectivity index (χ1) is 19.9. The monoisotopic (exact) mass is 613 g/mol. The quantitative estimate of drug-likeness (QED) is 0.0745. The lowest BCUT2D eigenvalue weighted by atomic mass is 9.83. The summed E-state index contributed by atoms with van der Waals surface area (Å²) in [5.74, 6) is -1.05. The van der Waals surface area contributed by atoms with E-state index < -0.39 is 12.0 Å². The number of esters is 1. The number of carbonyl (C=O) groups is 3. The predicted octanol–water partition coefficient (Wildman–Crippen LogP) is 7.13. The zero-order valence-corrected chi connectivity index (χ0v) is 28.8. The molecule has 0 saturated carbocycles. The number of aliphatic hydroxyl groups excluding tert-OH is 1. The van der Waals surface area contributed by atoms with Gasteiger partial charge in [0.05, 0.1) is 6.10 Å². The van der Waals surface area contributed by atoms with Gasteiger partial charge in [0.1, 0.15) is 11.9 Å². The molecule has 7 atom stereocenters. The molecule has 43 heavy (non-hydrogen) atoms. The van der Waals surface area contributed by atoms with Gasteiger partial charge in [0.2, 0.25) is 5.91 Å². The zero-order valence-electron chi connectivity index (χ0n) is 27.9. The Balaban J connectivity index is 2.63. The fourth-order valence-corrected chi connectivity index (χ4v) is 5.08. The van der Waals surface area contributed by atoms with E-state index in [4.69, 9.17) is 4.74 Å². The lowest BCUT2D eigenvalue weighted by Crippen LogP contribution is -2.34. The summed E-state index contributed by atoms with van der Waals surface area (Å²) in [6.07, 6.45) is 17.4. The van der Waals surface area contributed by atoms with Crippen LogP contribution in [0.15, 0.2) is 71.4 Å². The van der Waals surface area contributed by atoms with Crippen LogP contribution in [0.25, 0.3) is 0 Å². The first kappa shape index (κ1) is 38.4. The van der Waals surface area contributed by atoms with Crippen LogP contribution in [0.5, 0.6) is 0 Å². The van der Waals surface area contributed by atoms with E-state index in [0.717, 1.165) is 23.1 Å². The SMILES string of the molecule is CC(=C/C(C)C/C=C/C(C)=C/C(C)C(=O)C(C)C(O)[C@H](C)C/C(C)=C/C(=O)NCC(C)(C)S)/C=C/[C@@H]1OC(=O)C=C[C@@H]1C. The van der Waals surface area contributed by atoms with Crippen molar-refractivity contribution in [3.05, 3.63) is 71.4 Å². The van der Waals surface area contributed by atoms with Crippen molar-refractivity contribution in [3.8, 4) is 0 Å². The standard InChI is InChI=1S/C36H55NO5S/c1-23(18-25(3)14-16-31-27(5)15-17-33(39)42-31)12-11-13-24(2)19-28(6)34(40)30(8)35(41)29(7)20-26(4)21-32(38)37-22-36(9,10)43/h11,13-19,21,23,27-31,35,41,43H,12,20,22H2,1-10H3,(H,37,38)/b13-11+,16-14+,24-19+,25-18-,26-21+/t23?,27-,28?,29+,30?,31-,35?/m0/s1. The van der Waals surface area contributed by atoms with Gasteiger partial charge in [-0.1, -0.05) is 87.8 Å². The van der Waals surface area contributed by atoms with E-state index in [1.165, 1.54) is 6.08 Å². The van der Waals surface area contributed by atoms with Crippen LogP contribution in [-0.2, 0) is 19.1 Å². The second-order valence-electron chi connectivity index (χ2n) is 13.1. The highest BCUT2D eigenvalue weighted by Crippen LogP contribution is 2.24. The molecule has 4 unspecified atom stereocenters. The van der Waals surface area contributed by atoms with Gasteiger partial charge >= 0.3 is 5.97 Å². The number of Topliss-reactive ketones (excluding diaryl/α,β-unsaturated/α-hetero) is 1. The molecular formula is C36H55NO5S. The number of hydrogen-bond acceptors (Lipinski definition) is 6. The third kappa shape index (κ3) is 15.6. The van der Waals surface area contributed by atoms with Gasteiger partial charge in [0.15, 0.2) is 0 Å². The van der Waals surface area contributed by atoms with Crippen molar-refractivity contribution in [2.75, 3.05) is 6.54 Å². The van der Waals surface area contributed by atoms with Crippen molar-refractivity contribution in [2.24, 2.45) is 29.6 Å². The molecule has 1 heterocycles. The number of cyclic esters (lactones) is 1. The number of carbonyl (C=O) groups excluding carboxylic acids is 3. The van der Waals surface area contributed by atoms with Crippen LogP contribution in [0.4, 0.5) is 0 Å². The highest BCUT2D eigenvalue weighted by molar-refractivity contribution is 7.81. The van der Waals surface area contributed by atoms with E-state index in [9.17, 15) is 19.5 Å². The molecule has 0 aromatic rings. The number of nitrogens with one attached hydrogen (secondary N) is 1. The lowest BCUT2D eigenvalue weighted by molar-refractivity contribution is -0.143. The Morgan fingerprint density at radius 1 is 1.09 bits per heavy atom. The fraction of sp³-hybridized carbons (Fsp3) is 0.583. The Labute approximate surface area is 265 Å². The van der Waals surface area contributed by atoms with Crippen LogP contribution in [0.1, 0.15) is 82.1 Å². The maximum absolute atomic E-state index is 13.1. The Bertz CT molecular complexity index is 1140. The molecule has 0 aromatic heterocycles. The van der Waals surface area contributed by atoms with E-state index in [0.29, 0.717) is 18.9 Å². The van der Waals surface area contributed by atoms with Crippen molar-refractivity contribution >= 4 is 30.3 Å². The number of amides is 1. The van der Waals surface area contributed by atoms with E-state index in [1.807, 2.05) is 85.8 Å². The van der Waals surface area contributed by atoms with Crippen molar-refractivity contribution in [1.29, 1.82) is 0 Å². The molecule has 240 valence electrons. The van der Waals surface area contributed by atoms with Gasteiger partial charge in [0.25, 0.3) is 0 Å². The van der Waals surface area contributed by atoms with Crippen LogP contribution in [0, 0.1) is 29.6 Å². The smallest absolute Gasteiger partial charge is 0.331 e. The minimum atomic E-state index is -0.809. The molecule has 0 fully saturated rings. The number of ketones is 1. The summed E-state index contributed by atoms with van der Waals surface area (Å²) >= 11 is 4.42. The predicted molar refractivity (Wildman–Crippen MR) is 181 cm³/mol. The van der Waals surface area contributed by atoms with E-state index in [-0.39, 0.29) is 46.3 Å². The van der Waals surface area contributed by atoms with Crippen molar-refractivity contribution in [1.82, 2.24) is 5.32 Å². The van der Waals surface area contributed by atoms with Crippen molar-refractivity contribution < 1.29 is 24.2 Å². The van der Waals surface area contributed by atoms with E-state index in [2.05, 4.69) is 37.0 Å². The molecule has 1 aliphatic heterocycles. The number of hydrogen-bond donors (Lipinski definition) is 3. The Morgan fingerprint density at radius 3 is 2.35 bits per heavy atom. The topological polar surface area (TPSA) is 92.7 Å². The van der Waals surface area contributed by atoms with Gasteiger partial charge in [-0.2, -0.15) is 12.6 Å². The minimum Gasteiger partial charge on any atom is -0.454 e. The average molecular weight is 614 g/mol. The molecular weight excluding hydrogens is 558 g/mol. The molecule has 0 aromatic carbocycles. The first-order valence-electron chi connectivity index (χ1n) is 15.4. The molecule has 0 saturated heterocycles. The molecule has 1 rings (SSSR count). The summed E-state index contributed by atoms with van der Waals surface area (Å²) in [4.78, 5) is 36.8. The number of ether oxygens (including phenoxy) is 1. The summed E-state index contributed by atoms with van der Waals surface area (Å²) in [5.41, 5.74) is 2.96. The Morgan fingerprint density at radius 2 is 1.72 bits per heavy atom. The minimum absolute atomic E-state index is 0.00495. The summed E-state index contributed by atoms with van der Waals surface area (Å²) in [6.45, 7) is 19.9. The Kier molecular flexibility index (Phi) is 16.3. The number of aliphatic hydroxyl groups is 1. The van der Waals surface area contributed by atoms with Crippen LogP contribution in [-0.4, -0.2) is 46.3 Å². The second-order valence-corrected chi connectivity index (χ2v) is 14.3. The maximum atomic E-state index is 13.1. The highest BCUT2D eigenvalue weighted by atomic mass is 32.1. The summed E-state index contributed by atoms with van der Waals surface area (Å²) in [6, 6.07) is 0. The zero-order chi connectivity index (χ0) is 32.9. The average Bonchev–Trinajstić information content (AvgIpc) is 2.90. The molecule has 0 bridgehead atoms. The van der Waals surface area contributed by atoms with Crippen LogP contribution < -0.4 is 5.32 Å². The van der Waals surface area contributed by atoms with Crippen LogP contribution in [0.2, 0.25) is 0 Å². The normalized spacial score (nSPS) is 22.3. The van der Waals surface area contributed by atoms with Gasteiger partial charge in [-0.25, -0.2) is 4.79 Å². The second kappa shape index (κ2) is 18.2. The highest BCUT2D eigenvalue weighted by Gasteiger charge is 2.29. The molecule has 0 aliphatic carbocycles. The molecule has 1 amide bonds. The fourth-order valence-electron chi connectivity index (χ4n) is 5.00. The number of allylic oxidation sites excluding steroid dienone is 8. The van der Waals surface area contributed by atoms with Gasteiger partial charge in [0, 0.05) is 41.2 Å². The molecule has 7 heteroatoms. The third-order valence-electron chi connectivity index (χ3n) is 7.51. The number of rotatable bonds is 16. The largest absolute Gasteiger partial charge is 0.454 e. The van der Waals surface area contributed by atoms with E-state index >= 15 is 0 Å². The molecule has 0 radical (unpaired) electrons. The number of thiol groups is 1. The maximum Gasteiger partial charge on any atom is 0.331 e. The van der Waals surface area contributed by atoms with Gasteiger partial charge in [-0.3, -0.25) is 9.59 Å². The van der Waals surface area contributed by atoms with Crippen LogP contribution >= 0.6 is 12.6 Å². The summed E-state index contributed by atoms with van der Waals surface area (Å²) in [5, 5.41) is 13.8. The molecule has 1 aliphatic rings. The van der Waals surface area contributed by atoms with Crippen LogP contribution in [0.3, 0.4) is 0 Å². The molecule has 0 spiro atoms. The van der Waals surface area contributed by atoms with Gasteiger partial charge < -0.3 is 15.2 Å². The summed E-state index contributed by atoms with van der Waals surface area (Å²) in [7, 11) is 0. The summed E-state index contributed by atoms with van der Waals surface area (Å²) < 4.78 is 5.07. The molecule has 2 N–H and O–H groups in total. The Hall–Kier alpha value is -2.64. The third-order valence-corrected chi connectivity index (χ3v) is 7.67. The van der Waals surface area contributed by atoms with Gasteiger partial charge in [-0.05, 0) is 65.4 Å². The van der Waals surface area contributed by atoms with Crippen molar-refractivity contribution in [2.45, 2.75) is 99.0 Å².